The predicted octanol–water partition coefficient (Wildman–Crippen LogP) is 1.73. The van der Waals surface area contributed by atoms with E-state index in [9.17, 15) is 9.90 Å². The summed E-state index contributed by atoms with van der Waals surface area (Å²) in [5.41, 5.74) is 5.70. The maximum absolute atomic E-state index is 12.1. The Bertz CT molecular complexity index is 579. The Labute approximate surface area is 127 Å². The number of nitriles is 1. The fraction of sp³-hybridized carbons (Fsp3) is 0.571. The Morgan fingerprint density at radius 3 is 2.71 bits per heavy atom. The second kappa shape index (κ2) is 5.92. The van der Waals surface area contributed by atoms with E-state index in [4.69, 9.17) is 15.7 Å². The predicted molar refractivity (Wildman–Crippen MR) is 81.5 cm³/mol. The van der Waals surface area contributed by atoms with Gasteiger partial charge in [-0.3, -0.25) is 0 Å². The van der Waals surface area contributed by atoms with Crippen LogP contribution in [0, 0.1) is 11.3 Å². The van der Waals surface area contributed by atoms with Gasteiger partial charge in [0.15, 0.2) is 0 Å². The van der Waals surface area contributed by atoms with Crippen LogP contribution in [-0.2, 0) is 4.74 Å². The van der Waals surface area contributed by atoms with Crippen molar-refractivity contribution in [1.29, 1.82) is 5.26 Å². The number of aliphatic hydroxyl groups is 1. The number of thiophene rings is 1. The first-order chi connectivity index (χ1) is 9.89. The van der Waals surface area contributed by atoms with Crippen LogP contribution >= 0.6 is 11.3 Å². The van der Waals surface area contributed by atoms with E-state index < -0.39 is 11.6 Å². The summed E-state index contributed by atoms with van der Waals surface area (Å²) in [6.45, 7) is 5.02. The van der Waals surface area contributed by atoms with Crippen molar-refractivity contribution in [1.82, 2.24) is 0 Å². The minimum Gasteiger partial charge on any atom is -0.462 e. The van der Waals surface area contributed by atoms with Gasteiger partial charge in [-0.25, -0.2) is 4.79 Å². The van der Waals surface area contributed by atoms with Crippen LogP contribution in [-0.4, -0.2) is 36.4 Å². The summed E-state index contributed by atoms with van der Waals surface area (Å²) >= 11 is 1.20. The number of rotatable bonds is 3. The smallest absolute Gasteiger partial charge is 0.343 e. The number of ether oxygens (including phenoxy) is 1. The number of carbonyl (C=O) groups excluding carboxylic acids is 1. The van der Waals surface area contributed by atoms with Gasteiger partial charge in [0.25, 0.3) is 0 Å². The molecule has 21 heavy (non-hydrogen) atoms. The van der Waals surface area contributed by atoms with Gasteiger partial charge in [-0.1, -0.05) is 0 Å². The molecule has 1 saturated heterocycles. The molecule has 0 saturated carbocycles. The molecule has 1 aliphatic rings. The molecule has 0 unspecified atom stereocenters. The fourth-order valence-corrected chi connectivity index (χ4v) is 3.39. The minimum absolute atomic E-state index is 0.188. The molecule has 0 aromatic carbocycles. The number of nitrogens with zero attached hydrogens (tertiary/aromatic N) is 2. The summed E-state index contributed by atoms with van der Waals surface area (Å²) in [5.74, 6) is -0.500. The van der Waals surface area contributed by atoms with Gasteiger partial charge in [-0.2, -0.15) is 5.26 Å². The Morgan fingerprint density at radius 2 is 2.19 bits per heavy atom. The standard InChI is InChI=1S/C14H19N3O3S/c1-3-20-13(18)10-11(16)9(8-15)21-12(10)17-6-4-14(2,19)5-7-17/h19H,3-7,16H2,1-2H3. The summed E-state index contributed by atoms with van der Waals surface area (Å²) in [6, 6.07) is 2.02. The van der Waals surface area contributed by atoms with Crippen LogP contribution in [0.25, 0.3) is 0 Å². The number of anilines is 2. The molecule has 2 rings (SSSR count). The molecule has 7 heteroatoms. The number of hydrogen-bond donors (Lipinski definition) is 2. The number of nitrogens with two attached hydrogens (primary N) is 1. The molecule has 1 fully saturated rings. The molecule has 0 bridgehead atoms. The van der Waals surface area contributed by atoms with Gasteiger partial charge >= 0.3 is 5.97 Å². The van der Waals surface area contributed by atoms with E-state index in [1.54, 1.807) is 13.8 Å². The lowest BCUT2D eigenvalue weighted by molar-refractivity contribution is 0.0352. The summed E-state index contributed by atoms with van der Waals surface area (Å²) < 4.78 is 5.04. The van der Waals surface area contributed by atoms with E-state index in [-0.39, 0.29) is 17.9 Å². The normalized spacial score (nSPS) is 17.3. The van der Waals surface area contributed by atoms with Crippen molar-refractivity contribution in [3.05, 3.63) is 10.4 Å². The second-order valence-electron chi connectivity index (χ2n) is 5.34. The van der Waals surface area contributed by atoms with E-state index in [0.29, 0.717) is 35.8 Å². The quantitative estimate of drug-likeness (QED) is 0.825. The van der Waals surface area contributed by atoms with Crippen LogP contribution in [0.1, 0.15) is 41.9 Å². The SMILES string of the molecule is CCOC(=O)c1c(N2CCC(C)(O)CC2)sc(C#N)c1N. The Hall–Kier alpha value is -1.78. The van der Waals surface area contributed by atoms with Gasteiger partial charge in [-0.05, 0) is 26.7 Å². The number of carbonyl (C=O) groups is 1. The zero-order valence-corrected chi connectivity index (χ0v) is 13.0. The van der Waals surface area contributed by atoms with E-state index >= 15 is 0 Å². The molecule has 0 radical (unpaired) electrons. The van der Waals surface area contributed by atoms with Gasteiger partial charge in [0.05, 0.1) is 17.9 Å². The van der Waals surface area contributed by atoms with Crippen molar-refractivity contribution in [2.45, 2.75) is 32.3 Å². The minimum atomic E-state index is -0.679. The third kappa shape index (κ3) is 3.12. The van der Waals surface area contributed by atoms with Crippen LogP contribution < -0.4 is 10.6 Å². The molecule has 3 N–H and O–H groups in total. The first-order valence-corrected chi connectivity index (χ1v) is 7.68. The van der Waals surface area contributed by atoms with Gasteiger partial charge < -0.3 is 20.5 Å². The van der Waals surface area contributed by atoms with Crippen molar-refractivity contribution < 1.29 is 14.6 Å². The molecule has 1 aliphatic heterocycles. The van der Waals surface area contributed by atoms with Crippen LogP contribution in [0.2, 0.25) is 0 Å². The maximum Gasteiger partial charge on any atom is 0.343 e. The average Bonchev–Trinajstić information content (AvgIpc) is 2.76. The monoisotopic (exact) mass is 309 g/mol. The maximum atomic E-state index is 12.1. The molecule has 0 spiro atoms. The molecule has 0 amide bonds. The number of hydrogen-bond acceptors (Lipinski definition) is 7. The highest BCUT2D eigenvalue weighted by molar-refractivity contribution is 7.17. The van der Waals surface area contributed by atoms with Crippen molar-refractivity contribution in [3.63, 3.8) is 0 Å². The number of nitrogen functional groups attached to an aromatic ring is 1. The topological polar surface area (TPSA) is 99.6 Å². The molecule has 1 aromatic rings. The molecule has 0 aliphatic carbocycles. The summed E-state index contributed by atoms with van der Waals surface area (Å²) in [5, 5.41) is 19.8. The third-order valence-corrected chi connectivity index (χ3v) is 4.81. The van der Waals surface area contributed by atoms with Gasteiger partial charge in [0, 0.05) is 13.1 Å². The molecule has 6 nitrogen and oxygen atoms in total. The molecule has 114 valence electrons. The molecular weight excluding hydrogens is 290 g/mol. The largest absolute Gasteiger partial charge is 0.462 e. The van der Waals surface area contributed by atoms with E-state index in [2.05, 4.69) is 0 Å². The highest BCUT2D eigenvalue weighted by Gasteiger charge is 2.32. The Balaban J connectivity index is 2.35. The highest BCUT2D eigenvalue weighted by atomic mass is 32.1. The van der Waals surface area contributed by atoms with Gasteiger partial charge in [0.2, 0.25) is 0 Å². The lowest BCUT2D eigenvalue weighted by Gasteiger charge is -2.36. The average molecular weight is 309 g/mol. The van der Waals surface area contributed by atoms with Crippen LogP contribution in [0.5, 0.6) is 0 Å². The summed E-state index contributed by atoms with van der Waals surface area (Å²) in [6.07, 6.45) is 1.21. The van der Waals surface area contributed by atoms with Gasteiger partial charge in [-0.15, -0.1) is 11.3 Å². The van der Waals surface area contributed by atoms with Crippen LogP contribution in [0.3, 0.4) is 0 Å². The lowest BCUT2D eigenvalue weighted by atomic mass is 9.94. The fourth-order valence-electron chi connectivity index (χ4n) is 2.33. The molecule has 2 heterocycles. The van der Waals surface area contributed by atoms with Crippen LogP contribution in [0.15, 0.2) is 0 Å². The van der Waals surface area contributed by atoms with Crippen molar-refractivity contribution in [3.8, 4) is 6.07 Å². The van der Waals surface area contributed by atoms with E-state index in [1.807, 2.05) is 11.0 Å². The van der Waals surface area contributed by atoms with Crippen molar-refractivity contribution in [2.75, 3.05) is 30.3 Å². The molecule has 0 atom stereocenters. The molecule has 1 aromatic heterocycles. The summed E-state index contributed by atoms with van der Waals surface area (Å²) in [4.78, 5) is 14.4. The van der Waals surface area contributed by atoms with Crippen molar-refractivity contribution >= 4 is 28.0 Å². The van der Waals surface area contributed by atoms with E-state index in [1.165, 1.54) is 11.3 Å². The Morgan fingerprint density at radius 1 is 1.57 bits per heavy atom. The van der Waals surface area contributed by atoms with E-state index in [0.717, 1.165) is 0 Å². The van der Waals surface area contributed by atoms with Crippen molar-refractivity contribution in [2.24, 2.45) is 0 Å². The first kappa shape index (κ1) is 15.6. The zero-order chi connectivity index (χ0) is 15.6. The van der Waals surface area contributed by atoms with Gasteiger partial charge in [0.1, 0.15) is 21.5 Å². The molecular formula is C14H19N3O3S. The number of piperidine rings is 1. The Kier molecular flexibility index (Phi) is 4.40. The van der Waals surface area contributed by atoms with Crippen LogP contribution in [0.4, 0.5) is 10.7 Å². The first-order valence-electron chi connectivity index (χ1n) is 6.86. The highest BCUT2D eigenvalue weighted by Crippen LogP contribution is 2.40. The third-order valence-electron chi connectivity index (χ3n) is 3.64. The lowest BCUT2D eigenvalue weighted by Crippen LogP contribution is -2.42. The number of esters is 1. The second-order valence-corrected chi connectivity index (χ2v) is 6.34. The zero-order valence-electron chi connectivity index (χ0n) is 12.2. The summed E-state index contributed by atoms with van der Waals surface area (Å²) in [7, 11) is 0.